The van der Waals surface area contributed by atoms with Gasteiger partial charge in [-0.3, -0.25) is 9.10 Å². The summed E-state index contributed by atoms with van der Waals surface area (Å²) in [6.07, 6.45) is 1.30. The highest BCUT2D eigenvalue weighted by Gasteiger charge is 2.29. The van der Waals surface area contributed by atoms with Crippen LogP contribution in [-0.2, 0) is 19.6 Å². The van der Waals surface area contributed by atoms with Gasteiger partial charge in [-0.2, -0.15) is 5.10 Å². The number of sulfonamides is 1. The first-order valence-electron chi connectivity index (χ1n) is 12.2. The van der Waals surface area contributed by atoms with Gasteiger partial charge in [-0.05, 0) is 55.5 Å². The number of carbonyl (C=O) groups is 2. The summed E-state index contributed by atoms with van der Waals surface area (Å²) < 4.78 is 44.0. The van der Waals surface area contributed by atoms with Crippen molar-refractivity contribution in [3.05, 3.63) is 102 Å². The maximum Gasteiger partial charge on any atom is 0.338 e. The number of rotatable bonds is 11. The molecule has 11 heteroatoms. The number of hydrogen-bond acceptors (Lipinski definition) is 8. The summed E-state index contributed by atoms with van der Waals surface area (Å²) in [6.45, 7) is 1.48. The van der Waals surface area contributed by atoms with Crippen molar-refractivity contribution in [1.29, 1.82) is 0 Å². The van der Waals surface area contributed by atoms with Gasteiger partial charge < -0.3 is 13.9 Å². The summed E-state index contributed by atoms with van der Waals surface area (Å²) in [6, 6.07) is 24.4. The Hall–Kier alpha value is -4.90. The molecule has 10 nitrogen and oxygen atoms in total. The van der Waals surface area contributed by atoms with Gasteiger partial charge in [-0.25, -0.2) is 18.6 Å². The van der Waals surface area contributed by atoms with Crippen LogP contribution in [0.1, 0.15) is 23.0 Å². The Balaban J connectivity index is 1.47. The highest BCUT2D eigenvalue weighted by molar-refractivity contribution is 7.92. The molecule has 3 aromatic carbocycles. The molecule has 1 amide bonds. The number of carbonyl (C=O) groups excluding carboxylic acids is 2. The van der Waals surface area contributed by atoms with Crippen molar-refractivity contribution in [2.75, 3.05) is 24.6 Å². The summed E-state index contributed by atoms with van der Waals surface area (Å²) in [5, 5.41) is 3.92. The van der Waals surface area contributed by atoms with Gasteiger partial charge >= 0.3 is 5.97 Å². The number of para-hydroxylation sites is 2. The molecule has 40 heavy (non-hydrogen) atoms. The average Bonchev–Trinajstić information content (AvgIpc) is 3.45. The Kier molecular flexibility index (Phi) is 8.97. The Morgan fingerprint density at radius 1 is 0.950 bits per heavy atom. The number of hydrazone groups is 1. The third-order valence-electron chi connectivity index (χ3n) is 5.66. The highest BCUT2D eigenvalue weighted by Crippen LogP contribution is 2.32. The lowest BCUT2D eigenvalue weighted by Gasteiger charge is -2.25. The second-order valence-corrected chi connectivity index (χ2v) is 10.2. The zero-order valence-corrected chi connectivity index (χ0v) is 22.6. The highest BCUT2D eigenvalue weighted by atomic mass is 32.2. The van der Waals surface area contributed by atoms with Crippen molar-refractivity contribution in [1.82, 2.24) is 5.43 Å². The third-order valence-corrected chi connectivity index (χ3v) is 7.43. The number of nitrogens with zero attached hydrogens (tertiary/aromatic N) is 2. The van der Waals surface area contributed by atoms with Crippen LogP contribution in [0.2, 0.25) is 0 Å². The van der Waals surface area contributed by atoms with Crippen LogP contribution in [0.4, 0.5) is 5.69 Å². The lowest BCUT2D eigenvalue weighted by Crippen LogP contribution is -2.39. The fourth-order valence-electron chi connectivity index (χ4n) is 3.75. The molecule has 0 aliphatic rings. The Morgan fingerprint density at radius 3 is 2.35 bits per heavy atom. The number of methoxy groups -OCH3 is 1. The van der Waals surface area contributed by atoms with Crippen molar-refractivity contribution >= 4 is 33.8 Å². The fraction of sp³-hybridized carbons (Fsp3) is 0.138. The van der Waals surface area contributed by atoms with E-state index in [9.17, 15) is 18.0 Å². The van der Waals surface area contributed by atoms with Crippen LogP contribution >= 0.6 is 0 Å². The number of benzene rings is 3. The molecule has 0 radical (unpaired) electrons. The molecule has 0 aliphatic carbocycles. The first-order chi connectivity index (χ1) is 19.3. The molecule has 1 heterocycles. The zero-order chi connectivity index (χ0) is 28.5. The molecule has 4 rings (SSSR count). The Labute approximate surface area is 231 Å². The summed E-state index contributed by atoms with van der Waals surface area (Å²) in [5.41, 5.74) is 3.71. The number of anilines is 1. The molecular formula is C29H27N3O7S. The second kappa shape index (κ2) is 12.8. The maximum atomic E-state index is 13.5. The molecule has 1 N–H and O–H groups in total. The van der Waals surface area contributed by atoms with Gasteiger partial charge in [0.25, 0.3) is 15.9 Å². The first-order valence-corrected chi connectivity index (χ1v) is 13.7. The predicted molar refractivity (Wildman–Crippen MR) is 150 cm³/mol. The molecule has 0 fully saturated rings. The van der Waals surface area contributed by atoms with Crippen LogP contribution in [-0.4, -0.2) is 46.8 Å². The third kappa shape index (κ3) is 6.56. The minimum atomic E-state index is -4.11. The van der Waals surface area contributed by atoms with E-state index in [1.807, 2.05) is 0 Å². The molecule has 1 aromatic heterocycles. The zero-order valence-electron chi connectivity index (χ0n) is 21.8. The molecule has 0 unspecified atom stereocenters. The molecule has 0 saturated carbocycles. The van der Waals surface area contributed by atoms with Crippen molar-refractivity contribution in [2.45, 2.75) is 11.8 Å². The van der Waals surface area contributed by atoms with E-state index in [0.717, 1.165) is 9.87 Å². The molecular weight excluding hydrogens is 534 g/mol. The summed E-state index contributed by atoms with van der Waals surface area (Å²) >= 11 is 0. The Morgan fingerprint density at radius 2 is 1.65 bits per heavy atom. The topological polar surface area (TPSA) is 128 Å². The van der Waals surface area contributed by atoms with Crippen molar-refractivity contribution in [3.8, 4) is 17.1 Å². The van der Waals surface area contributed by atoms with Gasteiger partial charge in [-0.1, -0.05) is 42.5 Å². The normalized spacial score (nSPS) is 11.2. The van der Waals surface area contributed by atoms with Crippen LogP contribution in [0.25, 0.3) is 11.3 Å². The van der Waals surface area contributed by atoms with Crippen LogP contribution in [0.5, 0.6) is 5.75 Å². The monoisotopic (exact) mass is 561 g/mol. The predicted octanol–water partition coefficient (Wildman–Crippen LogP) is 4.48. The second-order valence-electron chi connectivity index (χ2n) is 8.29. The smallest absolute Gasteiger partial charge is 0.338 e. The van der Waals surface area contributed by atoms with Gasteiger partial charge in [0.2, 0.25) is 0 Å². The first kappa shape index (κ1) is 28.1. The van der Waals surface area contributed by atoms with E-state index in [1.54, 1.807) is 85.8 Å². The Bertz CT molecular complexity index is 1600. The molecule has 0 bridgehead atoms. The molecule has 0 spiro atoms. The van der Waals surface area contributed by atoms with E-state index < -0.39 is 28.4 Å². The van der Waals surface area contributed by atoms with Crippen LogP contribution < -0.4 is 14.5 Å². The standard InChI is InChI=1S/C29H27N3O7S/c1-3-38-29(34)22-15-13-21(14-16-22)26-18-17-23(39-26)19-30-31-28(33)20-32(25-11-7-8-12-27(25)37-2)40(35,36)24-9-5-4-6-10-24/h4-19H,3,20H2,1-2H3,(H,31,33)/b30-19-. The number of esters is 1. The van der Waals surface area contributed by atoms with Gasteiger partial charge in [0.15, 0.2) is 0 Å². The molecule has 0 atom stereocenters. The lowest BCUT2D eigenvalue weighted by atomic mass is 10.1. The number of hydrogen-bond donors (Lipinski definition) is 1. The molecule has 0 aliphatic heterocycles. The number of furan rings is 1. The minimum Gasteiger partial charge on any atom is -0.495 e. The van der Waals surface area contributed by atoms with Crippen molar-refractivity contribution in [2.24, 2.45) is 5.10 Å². The number of nitrogens with one attached hydrogen (secondary N) is 1. The quantitative estimate of drug-likeness (QED) is 0.163. The van der Waals surface area contributed by atoms with E-state index in [4.69, 9.17) is 13.9 Å². The summed E-state index contributed by atoms with van der Waals surface area (Å²) in [5.74, 6) is 0.0837. The van der Waals surface area contributed by atoms with E-state index in [-0.39, 0.29) is 16.3 Å². The fourth-order valence-corrected chi connectivity index (χ4v) is 5.20. The molecule has 206 valence electrons. The molecule has 4 aromatic rings. The number of amides is 1. The maximum absolute atomic E-state index is 13.5. The van der Waals surface area contributed by atoms with E-state index in [2.05, 4.69) is 10.5 Å². The van der Waals surface area contributed by atoms with Gasteiger partial charge in [0, 0.05) is 5.56 Å². The van der Waals surface area contributed by atoms with Crippen LogP contribution in [0.3, 0.4) is 0 Å². The SMILES string of the molecule is CCOC(=O)c1ccc(-c2ccc(/C=N\NC(=O)CN(c3ccccc3OC)S(=O)(=O)c3ccccc3)o2)cc1. The summed E-state index contributed by atoms with van der Waals surface area (Å²) in [7, 11) is -2.69. The van der Waals surface area contributed by atoms with Crippen molar-refractivity contribution < 1.29 is 31.9 Å². The van der Waals surface area contributed by atoms with Gasteiger partial charge in [0.05, 0.1) is 36.1 Å². The average molecular weight is 562 g/mol. The van der Waals surface area contributed by atoms with Gasteiger partial charge in [0.1, 0.15) is 23.8 Å². The lowest BCUT2D eigenvalue weighted by molar-refractivity contribution is -0.119. The van der Waals surface area contributed by atoms with Crippen LogP contribution in [0, 0.1) is 0 Å². The minimum absolute atomic E-state index is 0.0237. The van der Waals surface area contributed by atoms with Crippen molar-refractivity contribution in [3.63, 3.8) is 0 Å². The van der Waals surface area contributed by atoms with E-state index in [0.29, 0.717) is 23.7 Å². The summed E-state index contributed by atoms with van der Waals surface area (Å²) in [4.78, 5) is 24.7. The van der Waals surface area contributed by atoms with Crippen LogP contribution in [0.15, 0.2) is 105 Å². The van der Waals surface area contributed by atoms with Gasteiger partial charge in [-0.15, -0.1) is 0 Å². The molecule has 0 saturated heterocycles. The van der Waals surface area contributed by atoms with E-state index in [1.165, 1.54) is 25.5 Å². The largest absolute Gasteiger partial charge is 0.495 e. The number of ether oxygens (including phenoxy) is 2. The van der Waals surface area contributed by atoms with E-state index >= 15 is 0 Å².